The van der Waals surface area contributed by atoms with E-state index in [0.717, 1.165) is 122 Å². The molecule has 6 heterocycles. The van der Waals surface area contributed by atoms with Crippen LogP contribution in [0.15, 0.2) is 41.3 Å². The standard InChI is InChI=1S/C46H56N8O8/c1-47-46(60)52-17-13-32-35(27-53(30-4-5-30)43(57)36(32)26-52)29-22-39(61-2)37(40(23-29)62-3)25-50-15-11-28(12-16-50)10-14-49-18-20-51(21-19-49)31-6-7-33-34(24-31)45(59)54(44(33)58)38-8-9-41(55)48-42(38)56/h6-7,22-24,27-28,30,38H,4-5,8-21,25-26H2,1-3H3,(H,47,60)(H,48,55,56). The Balaban J connectivity index is 0.788. The fourth-order valence-electron chi connectivity index (χ4n) is 10.1. The molecule has 0 radical (unpaired) electrons. The number of methoxy groups -OCH3 is 2. The van der Waals surface area contributed by atoms with Gasteiger partial charge >= 0.3 is 6.03 Å². The highest BCUT2D eigenvalue weighted by atomic mass is 16.5. The van der Waals surface area contributed by atoms with E-state index in [1.165, 1.54) is 0 Å². The van der Waals surface area contributed by atoms with E-state index in [1.807, 2.05) is 16.8 Å². The van der Waals surface area contributed by atoms with Gasteiger partial charge in [-0.25, -0.2) is 4.79 Å². The average molecular weight is 849 g/mol. The molecule has 3 aromatic rings. The molecule has 6 amide bonds. The number of carbonyl (C=O) groups excluding carboxylic acids is 5. The van der Waals surface area contributed by atoms with Crippen LogP contribution >= 0.6 is 0 Å². The van der Waals surface area contributed by atoms with Crippen LogP contribution in [-0.2, 0) is 29.1 Å². The first-order valence-electron chi connectivity index (χ1n) is 22.1. The predicted octanol–water partition coefficient (Wildman–Crippen LogP) is 3.39. The van der Waals surface area contributed by atoms with Gasteiger partial charge in [0, 0.05) is 81.8 Å². The summed E-state index contributed by atoms with van der Waals surface area (Å²) in [6, 6.07) is 8.54. The van der Waals surface area contributed by atoms with Crippen LogP contribution in [0.3, 0.4) is 0 Å². The van der Waals surface area contributed by atoms with E-state index in [-0.39, 0.29) is 37.0 Å². The number of piperazine rings is 1. The maximum absolute atomic E-state index is 13.7. The molecule has 16 heteroatoms. The number of benzene rings is 2. The lowest BCUT2D eigenvalue weighted by molar-refractivity contribution is -0.136. The molecule has 62 heavy (non-hydrogen) atoms. The lowest BCUT2D eigenvalue weighted by Crippen LogP contribution is -2.54. The first-order valence-corrected chi connectivity index (χ1v) is 22.1. The third-order valence-corrected chi connectivity index (χ3v) is 13.9. The minimum atomic E-state index is -0.974. The molecule has 2 aromatic carbocycles. The van der Waals surface area contributed by atoms with Gasteiger partial charge in [-0.1, -0.05) is 0 Å². The van der Waals surface area contributed by atoms with Crippen molar-refractivity contribution in [3.8, 4) is 22.6 Å². The molecule has 2 N–H and O–H groups in total. The summed E-state index contributed by atoms with van der Waals surface area (Å²) in [4.78, 5) is 86.8. The summed E-state index contributed by atoms with van der Waals surface area (Å²) in [5.41, 5.74) is 6.11. The van der Waals surface area contributed by atoms with Gasteiger partial charge in [0.05, 0.1) is 37.5 Å². The number of ether oxygens (including phenoxy) is 2. The van der Waals surface area contributed by atoms with E-state index in [2.05, 4.69) is 37.5 Å². The maximum Gasteiger partial charge on any atom is 0.317 e. The van der Waals surface area contributed by atoms with Crippen LogP contribution in [0.25, 0.3) is 11.1 Å². The molecule has 5 aliphatic heterocycles. The third kappa shape index (κ3) is 7.94. The van der Waals surface area contributed by atoms with Crippen molar-refractivity contribution in [1.82, 2.24) is 34.8 Å². The highest BCUT2D eigenvalue weighted by molar-refractivity contribution is 6.23. The van der Waals surface area contributed by atoms with Gasteiger partial charge in [0.1, 0.15) is 17.5 Å². The number of anilines is 1. The molecular formula is C46H56N8O8. The topological polar surface area (TPSA) is 166 Å². The summed E-state index contributed by atoms with van der Waals surface area (Å²) in [6.45, 7) is 7.94. The Kier molecular flexibility index (Phi) is 11.5. The van der Waals surface area contributed by atoms with Crippen molar-refractivity contribution in [2.45, 2.75) is 76.5 Å². The van der Waals surface area contributed by atoms with Crippen molar-refractivity contribution in [2.24, 2.45) is 5.92 Å². The summed E-state index contributed by atoms with van der Waals surface area (Å²) in [5.74, 6) is 0.188. The molecule has 16 nitrogen and oxygen atoms in total. The van der Waals surface area contributed by atoms with Crippen molar-refractivity contribution in [1.29, 1.82) is 0 Å². The number of fused-ring (bicyclic) bond motifs is 2. The quantitative estimate of drug-likeness (QED) is 0.272. The minimum absolute atomic E-state index is 0.00359. The highest BCUT2D eigenvalue weighted by Crippen LogP contribution is 2.41. The molecule has 3 saturated heterocycles. The Labute approximate surface area is 361 Å². The molecule has 6 aliphatic rings. The van der Waals surface area contributed by atoms with E-state index in [9.17, 15) is 28.8 Å². The van der Waals surface area contributed by atoms with Gasteiger partial charge in [0.25, 0.3) is 17.4 Å². The Hall–Kier alpha value is -5.74. The minimum Gasteiger partial charge on any atom is -0.496 e. The van der Waals surface area contributed by atoms with Crippen molar-refractivity contribution in [3.05, 3.63) is 74.7 Å². The molecule has 4 fully saturated rings. The maximum atomic E-state index is 13.7. The van der Waals surface area contributed by atoms with Gasteiger partial charge in [-0.3, -0.25) is 44.0 Å². The number of likely N-dealkylation sites (tertiary alicyclic amines) is 1. The lowest BCUT2D eigenvalue weighted by atomic mass is 9.91. The van der Waals surface area contributed by atoms with E-state index >= 15 is 0 Å². The van der Waals surface area contributed by atoms with Crippen LogP contribution in [0, 0.1) is 5.92 Å². The Morgan fingerprint density at radius 2 is 1.48 bits per heavy atom. The van der Waals surface area contributed by atoms with Crippen molar-refractivity contribution < 1.29 is 33.4 Å². The summed E-state index contributed by atoms with van der Waals surface area (Å²) in [5, 5.41) is 4.96. The van der Waals surface area contributed by atoms with Crippen molar-refractivity contribution >= 4 is 35.3 Å². The third-order valence-electron chi connectivity index (χ3n) is 13.9. The molecule has 0 bridgehead atoms. The number of hydrogen-bond acceptors (Lipinski definition) is 11. The predicted molar refractivity (Wildman–Crippen MR) is 230 cm³/mol. The number of urea groups is 1. The summed E-state index contributed by atoms with van der Waals surface area (Å²) in [7, 11) is 5.01. The number of amides is 6. The monoisotopic (exact) mass is 848 g/mol. The molecule has 1 unspecified atom stereocenters. The summed E-state index contributed by atoms with van der Waals surface area (Å²) in [6.07, 6.45) is 8.14. The summed E-state index contributed by atoms with van der Waals surface area (Å²) < 4.78 is 13.9. The number of pyridine rings is 1. The normalized spacial score (nSPS) is 21.2. The molecule has 1 aliphatic carbocycles. The van der Waals surface area contributed by atoms with Crippen molar-refractivity contribution in [2.75, 3.05) is 78.5 Å². The number of imide groups is 2. The van der Waals surface area contributed by atoms with Gasteiger partial charge < -0.3 is 29.2 Å². The Morgan fingerprint density at radius 1 is 0.774 bits per heavy atom. The Bertz CT molecular complexity index is 2340. The molecule has 1 atom stereocenters. The van der Waals surface area contributed by atoms with Gasteiger partial charge in [0.2, 0.25) is 11.8 Å². The summed E-state index contributed by atoms with van der Waals surface area (Å²) >= 11 is 0. The number of aromatic nitrogens is 1. The highest BCUT2D eigenvalue weighted by Gasteiger charge is 2.45. The first kappa shape index (κ1) is 41.6. The number of piperidine rings is 2. The molecule has 9 rings (SSSR count). The first-order chi connectivity index (χ1) is 30.0. The SMILES string of the molecule is CNC(=O)N1CCc2c(-c3cc(OC)c(CN4CCC(CCN5CCN(c6ccc7c(c6)C(=O)N(C6CCC(=O)NC6=O)C7=O)CC5)CC4)c(OC)c3)cn(C3CC3)c(=O)c2C1. The number of rotatable bonds is 11. The van der Waals surface area contributed by atoms with Crippen molar-refractivity contribution in [3.63, 3.8) is 0 Å². The zero-order chi connectivity index (χ0) is 43.2. The van der Waals surface area contributed by atoms with Crippen LogP contribution in [0.1, 0.15) is 88.4 Å². The zero-order valence-electron chi connectivity index (χ0n) is 35.9. The van der Waals surface area contributed by atoms with E-state index in [1.54, 1.807) is 38.3 Å². The van der Waals surface area contributed by atoms with Gasteiger partial charge in [-0.15, -0.1) is 0 Å². The Morgan fingerprint density at radius 3 is 2.15 bits per heavy atom. The number of nitrogens with one attached hydrogen (secondary N) is 2. The van der Waals surface area contributed by atoms with Gasteiger partial charge in [0.15, 0.2) is 0 Å². The zero-order valence-corrected chi connectivity index (χ0v) is 35.9. The number of hydrogen-bond donors (Lipinski definition) is 2. The molecular weight excluding hydrogens is 793 g/mol. The second-order valence-electron chi connectivity index (χ2n) is 17.5. The largest absolute Gasteiger partial charge is 0.496 e. The van der Waals surface area contributed by atoms with Crippen LogP contribution < -0.4 is 30.6 Å². The van der Waals surface area contributed by atoms with Crippen LogP contribution in [0.5, 0.6) is 11.5 Å². The van der Waals surface area contributed by atoms with E-state index in [0.29, 0.717) is 42.1 Å². The molecule has 1 aromatic heterocycles. The second-order valence-corrected chi connectivity index (χ2v) is 17.5. The van der Waals surface area contributed by atoms with Gasteiger partial charge in [-0.2, -0.15) is 0 Å². The molecule has 0 spiro atoms. The van der Waals surface area contributed by atoms with E-state index in [4.69, 9.17) is 9.47 Å². The average Bonchev–Trinajstić information content (AvgIpc) is 4.11. The molecule has 328 valence electrons. The van der Waals surface area contributed by atoms with E-state index < -0.39 is 29.7 Å². The fraction of sp³-hybridized carbons (Fsp3) is 0.522. The second kappa shape index (κ2) is 17.2. The smallest absolute Gasteiger partial charge is 0.317 e. The van der Waals surface area contributed by atoms with Crippen LogP contribution in [-0.4, -0.2) is 133 Å². The lowest BCUT2D eigenvalue weighted by Gasteiger charge is -2.38. The number of carbonyl (C=O) groups is 5. The van der Waals surface area contributed by atoms with Crippen LogP contribution in [0.2, 0.25) is 0 Å². The fourth-order valence-corrected chi connectivity index (χ4v) is 10.1. The molecule has 1 saturated carbocycles. The number of nitrogens with zero attached hydrogens (tertiary/aromatic N) is 6. The van der Waals surface area contributed by atoms with Gasteiger partial charge in [-0.05, 0) is 112 Å². The van der Waals surface area contributed by atoms with Crippen LogP contribution in [0.4, 0.5) is 10.5 Å².